The number of piperidine rings is 1. The van der Waals surface area contributed by atoms with Crippen molar-refractivity contribution in [2.24, 2.45) is 0 Å². The molecule has 42 heavy (non-hydrogen) atoms. The van der Waals surface area contributed by atoms with Gasteiger partial charge in [-0.15, -0.1) is 0 Å². The van der Waals surface area contributed by atoms with E-state index in [2.05, 4.69) is 39.6 Å². The molecule has 0 aliphatic carbocycles. The van der Waals surface area contributed by atoms with E-state index in [1.165, 1.54) is 11.1 Å². The van der Waals surface area contributed by atoms with Gasteiger partial charge in [0.05, 0.1) is 34.2 Å². The molecular weight excluding hydrogens is 550 g/mol. The van der Waals surface area contributed by atoms with Crippen molar-refractivity contribution in [2.45, 2.75) is 76.6 Å². The molecule has 2 N–H and O–H groups in total. The van der Waals surface area contributed by atoms with E-state index in [0.717, 1.165) is 56.1 Å². The largest absolute Gasteiger partial charge is 0.489 e. The number of rotatable bonds is 12. The normalized spacial score (nSPS) is 14.9. The zero-order valence-corrected chi connectivity index (χ0v) is 26.7. The van der Waals surface area contributed by atoms with E-state index in [9.17, 15) is 8.42 Å². The summed E-state index contributed by atoms with van der Waals surface area (Å²) in [7, 11) is -1.74. The second-order valence-electron chi connectivity index (χ2n) is 11.5. The van der Waals surface area contributed by atoms with Crippen LogP contribution in [0.5, 0.6) is 5.75 Å². The van der Waals surface area contributed by atoms with Gasteiger partial charge in [-0.1, -0.05) is 12.1 Å². The number of hydrogen-bond donors (Lipinski definition) is 2. The quantitative estimate of drug-likeness (QED) is 0.247. The van der Waals surface area contributed by atoms with Crippen LogP contribution in [0, 0.1) is 13.8 Å². The van der Waals surface area contributed by atoms with Crippen LogP contribution in [-0.4, -0.2) is 68.0 Å². The van der Waals surface area contributed by atoms with Crippen LogP contribution in [0.15, 0.2) is 47.5 Å². The maximum Gasteiger partial charge on any atom is 0.229 e. The second-order valence-corrected chi connectivity index (χ2v) is 14.0. The molecule has 2 heterocycles. The third-order valence-corrected chi connectivity index (χ3v) is 9.87. The average molecular weight is 596 g/mol. The molecule has 3 aromatic rings. The number of sulfone groups is 1. The summed E-state index contributed by atoms with van der Waals surface area (Å²) in [4.78, 5) is 12.0. The van der Waals surface area contributed by atoms with Crippen LogP contribution in [0.2, 0.25) is 0 Å². The topological polar surface area (TPSA) is 106 Å². The predicted molar refractivity (Wildman–Crippen MR) is 169 cm³/mol. The Kier molecular flexibility index (Phi) is 10.5. The highest BCUT2D eigenvalue weighted by Crippen LogP contribution is 2.38. The van der Waals surface area contributed by atoms with Gasteiger partial charge >= 0.3 is 0 Å². The molecule has 4 rings (SSSR count). The Labute approximate surface area is 251 Å². The summed E-state index contributed by atoms with van der Waals surface area (Å²) < 4.78 is 37.5. The van der Waals surface area contributed by atoms with Gasteiger partial charge in [-0.05, 0) is 109 Å². The fourth-order valence-corrected chi connectivity index (χ4v) is 6.43. The van der Waals surface area contributed by atoms with Crippen molar-refractivity contribution in [3.05, 3.63) is 59.3 Å². The van der Waals surface area contributed by atoms with Gasteiger partial charge in [0.2, 0.25) is 5.95 Å². The average Bonchev–Trinajstić information content (AvgIpc) is 2.95. The van der Waals surface area contributed by atoms with Crippen molar-refractivity contribution < 1.29 is 17.9 Å². The monoisotopic (exact) mass is 595 g/mol. The Morgan fingerprint density at radius 3 is 2.38 bits per heavy atom. The number of benzene rings is 2. The van der Waals surface area contributed by atoms with Crippen LogP contribution in [0.4, 0.5) is 23.1 Å². The number of nitrogens with zero attached hydrogens (tertiary/aromatic N) is 3. The Morgan fingerprint density at radius 2 is 1.71 bits per heavy atom. The number of aromatic nitrogens is 2. The molecule has 0 radical (unpaired) electrons. The van der Waals surface area contributed by atoms with E-state index in [4.69, 9.17) is 14.5 Å². The van der Waals surface area contributed by atoms with Gasteiger partial charge in [0.25, 0.3) is 0 Å². The van der Waals surface area contributed by atoms with E-state index in [1.807, 2.05) is 20.8 Å². The molecule has 0 spiro atoms. The lowest BCUT2D eigenvalue weighted by atomic mass is 9.86. The van der Waals surface area contributed by atoms with Gasteiger partial charge in [0.15, 0.2) is 9.84 Å². The first kappa shape index (κ1) is 31.7. The third-order valence-electron chi connectivity index (χ3n) is 7.66. The number of ether oxygens (including phenoxy) is 2. The highest BCUT2D eigenvalue weighted by Gasteiger charge is 2.25. The SMILES string of the molecule is COCCN1CCC(c2cc(OC(C)C)c(Nc3ncc(C)c(Nc4ccccc4S(=O)(=O)C(C)C)n3)cc2C)CC1. The first-order valence-electron chi connectivity index (χ1n) is 14.7. The van der Waals surface area contributed by atoms with Crippen molar-refractivity contribution in [1.82, 2.24) is 14.9 Å². The first-order valence-corrected chi connectivity index (χ1v) is 16.3. The number of methoxy groups -OCH3 is 1. The number of nitrogens with one attached hydrogen (secondary N) is 2. The van der Waals surface area contributed by atoms with E-state index in [-0.39, 0.29) is 11.0 Å². The minimum atomic E-state index is -3.49. The van der Waals surface area contributed by atoms with Crippen LogP contribution in [0.3, 0.4) is 0 Å². The molecule has 0 amide bonds. The Morgan fingerprint density at radius 1 is 1.00 bits per heavy atom. The fourth-order valence-electron chi connectivity index (χ4n) is 5.23. The lowest BCUT2D eigenvalue weighted by Gasteiger charge is -2.33. The van der Waals surface area contributed by atoms with Gasteiger partial charge in [-0.2, -0.15) is 4.98 Å². The molecule has 228 valence electrons. The number of hydrogen-bond acceptors (Lipinski definition) is 9. The van der Waals surface area contributed by atoms with Crippen molar-refractivity contribution in [1.29, 1.82) is 0 Å². The second kappa shape index (κ2) is 13.8. The van der Waals surface area contributed by atoms with Gasteiger partial charge < -0.3 is 25.0 Å². The minimum Gasteiger partial charge on any atom is -0.489 e. The summed E-state index contributed by atoms with van der Waals surface area (Å²) in [5, 5.41) is 6.07. The zero-order chi connectivity index (χ0) is 30.4. The molecule has 0 bridgehead atoms. The summed E-state index contributed by atoms with van der Waals surface area (Å²) in [6, 6.07) is 11.2. The Hall–Kier alpha value is -3.21. The molecule has 1 fully saturated rings. The fraction of sp³-hybridized carbons (Fsp3) is 0.500. The number of anilines is 4. The van der Waals surface area contributed by atoms with E-state index < -0.39 is 15.1 Å². The van der Waals surface area contributed by atoms with E-state index in [0.29, 0.717) is 23.4 Å². The highest BCUT2D eigenvalue weighted by atomic mass is 32.2. The van der Waals surface area contributed by atoms with Crippen molar-refractivity contribution >= 4 is 33.0 Å². The summed E-state index contributed by atoms with van der Waals surface area (Å²) in [6.07, 6.45) is 3.91. The van der Waals surface area contributed by atoms with Gasteiger partial charge in [-0.25, -0.2) is 13.4 Å². The summed E-state index contributed by atoms with van der Waals surface area (Å²) >= 11 is 0. The van der Waals surface area contributed by atoms with Crippen molar-refractivity contribution in [3.63, 3.8) is 0 Å². The molecule has 2 aromatic carbocycles. The molecule has 0 atom stereocenters. The third kappa shape index (κ3) is 7.59. The molecule has 9 nitrogen and oxygen atoms in total. The molecular formula is C32H45N5O4S. The van der Waals surface area contributed by atoms with Gasteiger partial charge in [-0.3, -0.25) is 0 Å². The maximum absolute atomic E-state index is 13.0. The van der Waals surface area contributed by atoms with E-state index in [1.54, 1.807) is 51.4 Å². The highest BCUT2D eigenvalue weighted by molar-refractivity contribution is 7.92. The zero-order valence-electron chi connectivity index (χ0n) is 25.9. The number of aryl methyl sites for hydroxylation is 2. The molecule has 0 unspecified atom stereocenters. The Bertz CT molecular complexity index is 1470. The van der Waals surface area contributed by atoms with Crippen LogP contribution in [-0.2, 0) is 14.6 Å². The number of para-hydroxylation sites is 1. The van der Waals surface area contributed by atoms with Crippen LogP contribution < -0.4 is 15.4 Å². The predicted octanol–water partition coefficient (Wildman–Crippen LogP) is 6.38. The Balaban J connectivity index is 1.60. The maximum atomic E-state index is 13.0. The first-order chi connectivity index (χ1) is 20.0. The molecule has 1 aromatic heterocycles. The standard InChI is InChI=1S/C32H45N5O4S/c1-21(2)41-29-19-26(25-12-14-37(15-13-25)16-17-40-7)23(5)18-28(29)35-32-33-20-24(6)31(36-32)34-27-10-8-9-11-30(27)42(38,39)22(3)4/h8-11,18-22,25H,12-17H2,1-7H3,(H2,33,34,35,36). The smallest absolute Gasteiger partial charge is 0.229 e. The van der Waals surface area contributed by atoms with Crippen LogP contribution in [0.25, 0.3) is 0 Å². The summed E-state index contributed by atoms with van der Waals surface area (Å²) in [5.41, 5.74) is 4.58. The van der Waals surface area contributed by atoms with Crippen LogP contribution in [0.1, 0.15) is 63.1 Å². The van der Waals surface area contributed by atoms with Crippen LogP contribution >= 0.6 is 0 Å². The summed E-state index contributed by atoms with van der Waals surface area (Å²) in [5.74, 6) is 2.15. The molecule has 1 saturated heterocycles. The number of likely N-dealkylation sites (tertiary alicyclic amines) is 1. The molecule has 1 aliphatic rings. The van der Waals surface area contributed by atoms with E-state index >= 15 is 0 Å². The van der Waals surface area contributed by atoms with Crippen molar-refractivity contribution in [3.8, 4) is 5.75 Å². The summed E-state index contributed by atoms with van der Waals surface area (Å²) in [6.45, 7) is 15.3. The van der Waals surface area contributed by atoms with Gasteiger partial charge in [0, 0.05) is 25.4 Å². The molecule has 0 saturated carbocycles. The molecule has 1 aliphatic heterocycles. The van der Waals surface area contributed by atoms with Gasteiger partial charge in [0.1, 0.15) is 11.6 Å². The lowest BCUT2D eigenvalue weighted by molar-refractivity contribution is 0.130. The molecule has 10 heteroatoms. The lowest BCUT2D eigenvalue weighted by Crippen LogP contribution is -2.35. The van der Waals surface area contributed by atoms with Crippen molar-refractivity contribution in [2.75, 3.05) is 44.0 Å². The minimum absolute atomic E-state index is 0.00688.